The van der Waals surface area contributed by atoms with E-state index in [0.29, 0.717) is 17.5 Å². The zero-order valence-electron chi connectivity index (χ0n) is 16.6. The highest BCUT2D eigenvalue weighted by atomic mass is 32.1. The summed E-state index contributed by atoms with van der Waals surface area (Å²) in [7, 11) is 0. The van der Waals surface area contributed by atoms with E-state index in [1.165, 1.54) is 0 Å². The molecule has 3 N–H and O–H groups in total. The number of nitrogens with zero attached hydrogens (tertiary/aromatic N) is 5. The Kier molecular flexibility index (Phi) is 4.43. The van der Waals surface area contributed by atoms with Crippen LogP contribution < -0.4 is 5.32 Å². The predicted molar refractivity (Wildman–Crippen MR) is 126 cm³/mol. The van der Waals surface area contributed by atoms with Gasteiger partial charge in [0.2, 0.25) is 0 Å². The third-order valence-electron chi connectivity index (χ3n) is 5.05. The van der Waals surface area contributed by atoms with Gasteiger partial charge in [0.15, 0.2) is 5.82 Å². The number of H-pyrrole nitrogens is 2. The Balaban J connectivity index is 1.26. The highest BCUT2D eigenvalue weighted by Gasteiger charge is 2.09. The monoisotopic (exact) mass is 436 g/mol. The molecule has 0 saturated carbocycles. The number of aromatic nitrogens is 7. The molecule has 0 saturated heterocycles. The number of fused-ring (bicyclic) bond motifs is 1. The molecule has 0 bridgehead atoms. The van der Waals surface area contributed by atoms with E-state index < -0.39 is 0 Å². The molecule has 0 unspecified atom stereocenters. The van der Waals surface area contributed by atoms with Crippen LogP contribution >= 0.6 is 11.3 Å². The lowest BCUT2D eigenvalue weighted by molar-refractivity contribution is 1.09. The molecular weight excluding hydrogens is 420 g/mol. The maximum atomic E-state index is 4.67. The minimum atomic E-state index is 0.636. The Bertz CT molecular complexity index is 1490. The first kappa shape index (κ1) is 18.4. The maximum Gasteiger partial charge on any atom is 0.161 e. The van der Waals surface area contributed by atoms with E-state index in [4.69, 9.17) is 0 Å². The van der Waals surface area contributed by atoms with E-state index in [0.717, 1.165) is 38.3 Å². The van der Waals surface area contributed by atoms with Crippen LogP contribution in [0.25, 0.3) is 44.1 Å². The van der Waals surface area contributed by atoms with Crippen molar-refractivity contribution in [2.24, 2.45) is 0 Å². The minimum Gasteiger partial charge on any atom is -0.353 e. The summed E-state index contributed by atoms with van der Waals surface area (Å²) in [5.74, 6) is 2.01. The molecule has 0 amide bonds. The number of hydrogen-bond donors (Lipinski definition) is 3. The summed E-state index contributed by atoms with van der Waals surface area (Å²) in [4.78, 5) is 21.4. The Morgan fingerprint density at radius 2 is 1.78 bits per heavy atom. The Morgan fingerprint density at radius 3 is 2.59 bits per heavy atom. The first-order valence-corrected chi connectivity index (χ1v) is 10.8. The molecule has 5 aromatic heterocycles. The van der Waals surface area contributed by atoms with Crippen molar-refractivity contribution < 1.29 is 0 Å². The fourth-order valence-electron chi connectivity index (χ4n) is 3.48. The standard InChI is InChI=1S/C23H16N8S/c1-2-15(10-18-14(1)9-19(29-18)23-25-7-8-32-23)22-24-6-5-21(31-22)30-20-4-3-16(11-26-20)17-12-27-28-13-17/h1-13,29H,(H,27,28)(H,24,26,30,31). The second kappa shape index (κ2) is 7.71. The third-order valence-corrected chi connectivity index (χ3v) is 5.86. The average Bonchev–Trinajstić information content (AvgIpc) is 3.61. The summed E-state index contributed by atoms with van der Waals surface area (Å²) in [6.45, 7) is 0. The van der Waals surface area contributed by atoms with Crippen LogP contribution in [0.3, 0.4) is 0 Å². The van der Waals surface area contributed by atoms with Gasteiger partial charge in [-0.2, -0.15) is 5.10 Å². The van der Waals surface area contributed by atoms with Gasteiger partial charge in [0.1, 0.15) is 16.6 Å². The molecule has 0 aliphatic carbocycles. The summed E-state index contributed by atoms with van der Waals surface area (Å²) in [6, 6.07) is 14.0. The highest BCUT2D eigenvalue weighted by Crippen LogP contribution is 2.28. The number of benzene rings is 1. The fourth-order valence-corrected chi connectivity index (χ4v) is 4.09. The van der Waals surface area contributed by atoms with E-state index in [1.54, 1.807) is 29.9 Å². The van der Waals surface area contributed by atoms with Crippen molar-refractivity contribution in [1.82, 2.24) is 35.1 Å². The zero-order chi connectivity index (χ0) is 21.3. The molecule has 6 rings (SSSR count). The molecule has 8 nitrogen and oxygen atoms in total. The lowest BCUT2D eigenvalue weighted by Crippen LogP contribution is -1.98. The largest absolute Gasteiger partial charge is 0.353 e. The van der Waals surface area contributed by atoms with Gasteiger partial charge >= 0.3 is 0 Å². The van der Waals surface area contributed by atoms with Crippen LogP contribution in [-0.2, 0) is 0 Å². The molecule has 1 aromatic carbocycles. The maximum absolute atomic E-state index is 4.67. The number of anilines is 2. The molecular formula is C23H16N8S. The molecule has 5 heterocycles. The molecule has 0 fully saturated rings. The summed E-state index contributed by atoms with van der Waals surface area (Å²) in [5.41, 5.74) is 4.94. The van der Waals surface area contributed by atoms with Crippen molar-refractivity contribution in [1.29, 1.82) is 0 Å². The van der Waals surface area contributed by atoms with Crippen LogP contribution in [0, 0.1) is 0 Å². The van der Waals surface area contributed by atoms with Crippen LogP contribution in [0.1, 0.15) is 0 Å². The molecule has 0 atom stereocenters. The second-order valence-electron chi connectivity index (χ2n) is 7.13. The van der Waals surface area contributed by atoms with Crippen molar-refractivity contribution in [3.63, 3.8) is 0 Å². The van der Waals surface area contributed by atoms with Crippen molar-refractivity contribution in [2.45, 2.75) is 0 Å². The van der Waals surface area contributed by atoms with E-state index in [9.17, 15) is 0 Å². The topological polar surface area (TPSA) is 108 Å². The van der Waals surface area contributed by atoms with Crippen LogP contribution in [0.2, 0.25) is 0 Å². The van der Waals surface area contributed by atoms with Gasteiger partial charge in [-0.05, 0) is 30.3 Å². The Labute approximate surface area is 186 Å². The van der Waals surface area contributed by atoms with Gasteiger partial charge in [-0.3, -0.25) is 5.10 Å². The van der Waals surface area contributed by atoms with E-state index >= 15 is 0 Å². The molecule has 9 heteroatoms. The minimum absolute atomic E-state index is 0.636. The second-order valence-corrected chi connectivity index (χ2v) is 8.03. The number of hydrogen-bond acceptors (Lipinski definition) is 7. The smallest absolute Gasteiger partial charge is 0.161 e. The van der Waals surface area contributed by atoms with Gasteiger partial charge in [0.05, 0.1) is 11.9 Å². The van der Waals surface area contributed by atoms with Gasteiger partial charge in [-0.15, -0.1) is 11.3 Å². The quantitative estimate of drug-likeness (QED) is 0.339. The van der Waals surface area contributed by atoms with Crippen LogP contribution in [0.4, 0.5) is 11.6 Å². The first-order chi connectivity index (χ1) is 15.8. The number of nitrogens with one attached hydrogen (secondary N) is 3. The molecule has 0 spiro atoms. The summed E-state index contributed by atoms with van der Waals surface area (Å²) < 4.78 is 0. The van der Waals surface area contributed by atoms with E-state index in [2.05, 4.69) is 58.6 Å². The van der Waals surface area contributed by atoms with Gasteiger partial charge in [0.25, 0.3) is 0 Å². The molecule has 0 aliphatic rings. The lowest BCUT2D eigenvalue weighted by Gasteiger charge is -2.07. The SMILES string of the molecule is c1cc(Nc2ccc(-c3cn[nH]c3)cn2)nc(-c2ccc3cc(-c4nccs4)[nH]c3c2)n1. The van der Waals surface area contributed by atoms with Crippen molar-refractivity contribution in [3.8, 4) is 33.2 Å². The third kappa shape index (κ3) is 3.50. The summed E-state index contributed by atoms with van der Waals surface area (Å²) >= 11 is 1.61. The van der Waals surface area contributed by atoms with Crippen LogP contribution in [-0.4, -0.2) is 35.1 Å². The van der Waals surface area contributed by atoms with Crippen molar-refractivity contribution in [3.05, 3.63) is 78.8 Å². The summed E-state index contributed by atoms with van der Waals surface area (Å²) in [6.07, 6.45) is 8.95. The number of pyridine rings is 1. The van der Waals surface area contributed by atoms with Crippen LogP contribution in [0.5, 0.6) is 0 Å². The zero-order valence-corrected chi connectivity index (χ0v) is 17.5. The molecule has 154 valence electrons. The molecule has 6 aromatic rings. The fraction of sp³-hybridized carbons (Fsp3) is 0. The normalized spacial score (nSPS) is 11.1. The van der Waals surface area contributed by atoms with Gasteiger partial charge in [-0.25, -0.2) is 19.9 Å². The molecule has 0 radical (unpaired) electrons. The lowest BCUT2D eigenvalue weighted by atomic mass is 10.1. The summed E-state index contributed by atoms with van der Waals surface area (Å²) in [5, 5.41) is 14.1. The van der Waals surface area contributed by atoms with E-state index in [-0.39, 0.29) is 0 Å². The average molecular weight is 437 g/mol. The molecule has 0 aliphatic heterocycles. The predicted octanol–water partition coefficient (Wildman–Crippen LogP) is 5.28. The van der Waals surface area contributed by atoms with E-state index in [1.807, 2.05) is 42.0 Å². The number of aromatic amines is 2. The highest BCUT2D eigenvalue weighted by molar-refractivity contribution is 7.13. The number of thiazole rings is 1. The van der Waals surface area contributed by atoms with Crippen molar-refractivity contribution >= 4 is 33.9 Å². The Morgan fingerprint density at radius 1 is 0.812 bits per heavy atom. The van der Waals surface area contributed by atoms with Gasteiger partial charge in [-0.1, -0.05) is 12.1 Å². The Hall–Kier alpha value is -4.37. The van der Waals surface area contributed by atoms with Gasteiger partial charge < -0.3 is 10.3 Å². The first-order valence-electron chi connectivity index (χ1n) is 9.90. The van der Waals surface area contributed by atoms with Gasteiger partial charge in [0, 0.05) is 57.8 Å². The van der Waals surface area contributed by atoms with Crippen LogP contribution in [0.15, 0.2) is 78.8 Å². The number of rotatable bonds is 5. The molecule has 32 heavy (non-hydrogen) atoms. The van der Waals surface area contributed by atoms with Crippen molar-refractivity contribution in [2.75, 3.05) is 5.32 Å².